The molecule has 0 radical (unpaired) electrons. The summed E-state index contributed by atoms with van der Waals surface area (Å²) in [6, 6.07) is 1.52. The van der Waals surface area contributed by atoms with Crippen molar-refractivity contribution >= 4 is 22.4 Å². The van der Waals surface area contributed by atoms with Crippen LogP contribution in [0.5, 0.6) is 0 Å². The van der Waals surface area contributed by atoms with E-state index in [4.69, 9.17) is 5.73 Å². The molecule has 104 valence electrons. The minimum Gasteiger partial charge on any atom is -0.383 e. The first kappa shape index (κ1) is 12.0. The van der Waals surface area contributed by atoms with Crippen LogP contribution in [0, 0.1) is 0 Å². The molecule has 1 aromatic rings. The molecule has 0 aromatic carbocycles. The molecule has 2 atom stereocenters. The predicted octanol–water partition coefficient (Wildman–Crippen LogP) is 2.28. The lowest BCUT2D eigenvalue weighted by Crippen LogP contribution is -2.36. The Labute approximate surface area is 118 Å². The number of likely N-dealkylation sites (N-methyl/N-ethyl adjacent to an activating group) is 1. The summed E-state index contributed by atoms with van der Waals surface area (Å²) in [5.74, 6) is 1.50. The fraction of sp³-hybridized carbons (Fsp3) is 0.786. The maximum absolute atomic E-state index is 6.09. The molecule has 3 aliphatic rings. The molecule has 0 amide bonds. The molecular weight excluding hydrogens is 256 g/mol. The first-order chi connectivity index (χ1) is 9.24. The Kier molecular flexibility index (Phi) is 2.74. The zero-order chi connectivity index (χ0) is 13.0. The lowest BCUT2D eigenvalue weighted by molar-refractivity contribution is 0.254. The maximum atomic E-state index is 6.09. The quantitative estimate of drug-likeness (QED) is 0.901. The van der Waals surface area contributed by atoms with Crippen LogP contribution in [0.15, 0.2) is 0 Å². The number of anilines is 2. The second kappa shape index (κ2) is 4.35. The lowest BCUT2D eigenvalue weighted by atomic mass is 10.1. The fourth-order valence-corrected chi connectivity index (χ4v) is 4.71. The Balaban J connectivity index is 1.62. The molecule has 3 fully saturated rings. The Morgan fingerprint density at radius 1 is 1.16 bits per heavy atom. The third kappa shape index (κ3) is 1.94. The van der Waals surface area contributed by atoms with E-state index in [9.17, 15) is 0 Å². The third-order valence-electron chi connectivity index (χ3n) is 5.16. The van der Waals surface area contributed by atoms with Gasteiger partial charge >= 0.3 is 0 Å². The predicted molar refractivity (Wildman–Crippen MR) is 79.9 cm³/mol. The summed E-state index contributed by atoms with van der Waals surface area (Å²) in [5, 5.41) is 1.38. The van der Waals surface area contributed by atoms with Gasteiger partial charge in [0.05, 0.1) is 0 Å². The van der Waals surface area contributed by atoms with Crippen LogP contribution in [0.25, 0.3) is 0 Å². The number of rotatable bonds is 2. The van der Waals surface area contributed by atoms with Gasteiger partial charge in [0, 0.05) is 30.7 Å². The van der Waals surface area contributed by atoms with E-state index in [2.05, 4.69) is 21.2 Å². The molecule has 3 heterocycles. The van der Waals surface area contributed by atoms with E-state index < -0.39 is 0 Å². The van der Waals surface area contributed by atoms with E-state index in [1.54, 1.807) is 11.5 Å². The minimum atomic E-state index is 0.701. The molecule has 2 aliphatic heterocycles. The third-order valence-corrected chi connectivity index (χ3v) is 6.10. The van der Waals surface area contributed by atoms with Crippen LogP contribution >= 0.6 is 11.5 Å². The van der Waals surface area contributed by atoms with Crippen LogP contribution in [0.3, 0.4) is 0 Å². The van der Waals surface area contributed by atoms with Crippen molar-refractivity contribution in [3.63, 3.8) is 0 Å². The summed E-state index contributed by atoms with van der Waals surface area (Å²) in [5.41, 5.74) is 7.46. The van der Waals surface area contributed by atoms with Crippen LogP contribution in [0.4, 0.5) is 10.8 Å². The van der Waals surface area contributed by atoms with Gasteiger partial charge in [0.2, 0.25) is 0 Å². The van der Waals surface area contributed by atoms with Crippen molar-refractivity contribution in [2.75, 3.05) is 30.8 Å². The molecule has 4 nitrogen and oxygen atoms in total. The van der Waals surface area contributed by atoms with Gasteiger partial charge in [-0.15, -0.1) is 0 Å². The highest BCUT2D eigenvalue weighted by molar-refractivity contribution is 7.10. The van der Waals surface area contributed by atoms with Crippen LogP contribution in [0.2, 0.25) is 0 Å². The second-order valence-corrected chi connectivity index (χ2v) is 7.10. The molecule has 1 saturated carbocycles. The number of nitrogens with two attached hydrogens (primary N) is 1. The van der Waals surface area contributed by atoms with Crippen molar-refractivity contribution in [1.29, 1.82) is 0 Å². The van der Waals surface area contributed by atoms with E-state index >= 15 is 0 Å². The largest absolute Gasteiger partial charge is 0.383 e. The zero-order valence-electron chi connectivity index (χ0n) is 11.5. The van der Waals surface area contributed by atoms with Gasteiger partial charge in [-0.3, -0.25) is 4.90 Å². The minimum absolute atomic E-state index is 0.701. The molecule has 1 aromatic heterocycles. The van der Waals surface area contributed by atoms with Gasteiger partial charge in [-0.2, -0.15) is 4.37 Å². The van der Waals surface area contributed by atoms with Crippen LogP contribution < -0.4 is 10.6 Å². The number of hydrogen-bond donors (Lipinski definition) is 1. The number of nitrogen functional groups attached to an aromatic ring is 1. The van der Waals surface area contributed by atoms with Crippen molar-refractivity contribution in [2.24, 2.45) is 0 Å². The van der Waals surface area contributed by atoms with E-state index in [0.717, 1.165) is 24.4 Å². The van der Waals surface area contributed by atoms with Crippen LogP contribution in [-0.2, 0) is 0 Å². The summed E-state index contributed by atoms with van der Waals surface area (Å²) in [6.45, 7) is 2.33. The number of nitrogens with zero attached hydrogens (tertiary/aromatic N) is 3. The normalized spacial score (nSPS) is 31.7. The average molecular weight is 278 g/mol. The molecular formula is C14H22N4S. The number of hydrogen-bond acceptors (Lipinski definition) is 5. The highest BCUT2D eigenvalue weighted by Crippen LogP contribution is 2.49. The summed E-state index contributed by atoms with van der Waals surface area (Å²) in [7, 11) is 2.30. The SMILES string of the molecule is CN1C2CCC1CN(c1snc(N)c1C1CC1)CC2. The molecule has 19 heavy (non-hydrogen) atoms. The van der Waals surface area contributed by atoms with Crippen molar-refractivity contribution in [2.45, 2.75) is 50.1 Å². The van der Waals surface area contributed by atoms with Crippen LogP contribution in [0.1, 0.15) is 43.6 Å². The van der Waals surface area contributed by atoms with Crippen molar-refractivity contribution < 1.29 is 0 Å². The van der Waals surface area contributed by atoms with Gasteiger partial charge in [-0.05, 0) is 56.6 Å². The van der Waals surface area contributed by atoms with E-state index in [-0.39, 0.29) is 0 Å². The Hall–Kier alpha value is -0.810. The van der Waals surface area contributed by atoms with Crippen LogP contribution in [-0.4, -0.2) is 41.5 Å². The van der Waals surface area contributed by atoms with E-state index in [0.29, 0.717) is 5.92 Å². The molecule has 5 heteroatoms. The standard InChI is InChI=1S/C14H22N4S/c1-17-10-4-5-11(17)8-18(7-6-10)14-12(9-2-3-9)13(15)16-19-14/h9-11H,2-8H2,1H3,(H2,15,16). The topological polar surface area (TPSA) is 45.4 Å². The fourth-order valence-electron chi connectivity index (χ4n) is 3.78. The Bertz CT molecular complexity index is 482. The monoisotopic (exact) mass is 278 g/mol. The van der Waals surface area contributed by atoms with Gasteiger partial charge in [0.25, 0.3) is 0 Å². The van der Waals surface area contributed by atoms with Gasteiger partial charge in [-0.25, -0.2) is 0 Å². The van der Waals surface area contributed by atoms with Gasteiger partial charge in [-0.1, -0.05) is 0 Å². The molecule has 2 saturated heterocycles. The van der Waals surface area contributed by atoms with Crippen molar-refractivity contribution in [3.8, 4) is 0 Å². The van der Waals surface area contributed by atoms with Gasteiger partial charge in [0.1, 0.15) is 10.8 Å². The summed E-state index contributed by atoms with van der Waals surface area (Å²) < 4.78 is 4.43. The first-order valence-corrected chi connectivity index (χ1v) is 8.23. The first-order valence-electron chi connectivity index (χ1n) is 7.46. The smallest absolute Gasteiger partial charge is 0.142 e. The molecule has 2 N–H and O–H groups in total. The zero-order valence-corrected chi connectivity index (χ0v) is 12.3. The second-order valence-electron chi connectivity index (χ2n) is 6.35. The number of aromatic nitrogens is 1. The Morgan fingerprint density at radius 3 is 2.74 bits per heavy atom. The number of fused-ring (bicyclic) bond motifs is 2. The van der Waals surface area contributed by atoms with E-state index in [1.807, 2.05) is 0 Å². The van der Waals surface area contributed by atoms with Crippen molar-refractivity contribution in [1.82, 2.24) is 9.27 Å². The lowest BCUT2D eigenvalue weighted by Gasteiger charge is -2.27. The average Bonchev–Trinajstić information content (AvgIpc) is 3.07. The molecule has 1 aliphatic carbocycles. The molecule has 2 unspecified atom stereocenters. The molecule has 0 spiro atoms. The maximum Gasteiger partial charge on any atom is 0.142 e. The van der Waals surface area contributed by atoms with Gasteiger partial charge < -0.3 is 10.6 Å². The summed E-state index contributed by atoms with van der Waals surface area (Å²) in [4.78, 5) is 5.17. The summed E-state index contributed by atoms with van der Waals surface area (Å²) >= 11 is 1.62. The highest BCUT2D eigenvalue weighted by Gasteiger charge is 2.38. The summed E-state index contributed by atoms with van der Waals surface area (Å²) in [6.07, 6.45) is 6.62. The molecule has 4 rings (SSSR count). The van der Waals surface area contributed by atoms with Gasteiger partial charge in [0.15, 0.2) is 0 Å². The van der Waals surface area contributed by atoms with Crippen molar-refractivity contribution in [3.05, 3.63) is 5.56 Å². The van der Waals surface area contributed by atoms with E-state index in [1.165, 1.54) is 49.2 Å². The Morgan fingerprint density at radius 2 is 1.95 bits per heavy atom. The molecule has 2 bridgehead atoms. The highest BCUT2D eigenvalue weighted by atomic mass is 32.1.